The molecule has 3 rings (SSSR count). The van der Waals surface area contributed by atoms with E-state index in [-0.39, 0.29) is 18.0 Å². The van der Waals surface area contributed by atoms with E-state index >= 15 is 0 Å². The quantitative estimate of drug-likeness (QED) is 0.499. The number of hydrogen-bond donors (Lipinski definition) is 0. The van der Waals surface area contributed by atoms with E-state index in [0.717, 1.165) is 0 Å². The zero-order valence-electron chi connectivity index (χ0n) is 15.1. The lowest BCUT2D eigenvalue weighted by Gasteiger charge is -2.13. The van der Waals surface area contributed by atoms with Crippen molar-refractivity contribution in [1.29, 1.82) is 0 Å². The number of fused-ring (bicyclic) bond motifs is 1. The van der Waals surface area contributed by atoms with Crippen LogP contribution in [-0.4, -0.2) is 27.6 Å². The highest BCUT2D eigenvalue weighted by Gasteiger charge is 2.16. The van der Waals surface area contributed by atoms with Crippen molar-refractivity contribution in [3.05, 3.63) is 52.6 Å². The third-order valence-electron chi connectivity index (χ3n) is 3.80. The number of nitrogens with zero attached hydrogens (tertiary/aromatic N) is 2. The molecule has 0 amide bonds. The molecule has 0 saturated carbocycles. The number of benzene rings is 2. The van der Waals surface area contributed by atoms with E-state index < -0.39 is 6.10 Å². The van der Waals surface area contributed by atoms with Gasteiger partial charge in [-0.2, -0.15) is 0 Å². The van der Waals surface area contributed by atoms with E-state index in [9.17, 15) is 9.59 Å². The number of halogens is 2. The molecular weight excluding hydrogens is 403 g/mol. The van der Waals surface area contributed by atoms with E-state index in [2.05, 4.69) is 9.97 Å². The molecule has 3 aromatic rings. The van der Waals surface area contributed by atoms with Crippen LogP contribution in [-0.2, 0) is 9.59 Å². The molecule has 1 unspecified atom stereocenters. The number of carbonyl (C=O) groups is 2. The van der Waals surface area contributed by atoms with E-state index in [1.165, 1.54) is 13.1 Å². The van der Waals surface area contributed by atoms with Gasteiger partial charge in [0.05, 0.1) is 33.7 Å². The van der Waals surface area contributed by atoms with Crippen molar-refractivity contribution in [3.63, 3.8) is 0 Å². The van der Waals surface area contributed by atoms with E-state index in [1.54, 1.807) is 43.3 Å². The average molecular weight is 419 g/mol. The van der Waals surface area contributed by atoms with E-state index in [4.69, 9.17) is 32.7 Å². The van der Waals surface area contributed by atoms with Crippen molar-refractivity contribution in [2.75, 3.05) is 0 Å². The van der Waals surface area contributed by atoms with Crippen LogP contribution in [0.3, 0.4) is 0 Å². The van der Waals surface area contributed by atoms with E-state index in [1.807, 2.05) is 0 Å². The number of Topliss-reactive ketones (excluding diaryl/α,β-unsaturated/α-hetero) is 2. The second-order valence-electron chi connectivity index (χ2n) is 6.14. The number of hydrogen-bond acceptors (Lipinski definition) is 6. The van der Waals surface area contributed by atoms with Crippen LogP contribution in [0.5, 0.6) is 17.4 Å². The molecule has 0 aliphatic carbocycles. The van der Waals surface area contributed by atoms with Crippen molar-refractivity contribution < 1.29 is 19.1 Å². The Morgan fingerprint density at radius 3 is 2.29 bits per heavy atom. The Kier molecular flexibility index (Phi) is 6.11. The summed E-state index contributed by atoms with van der Waals surface area (Å²) in [5, 5.41) is 0.791. The molecule has 0 bridgehead atoms. The third-order valence-corrected chi connectivity index (χ3v) is 4.52. The summed E-state index contributed by atoms with van der Waals surface area (Å²) in [7, 11) is 0. The number of aromatic nitrogens is 2. The molecule has 1 atom stereocenters. The molecule has 144 valence electrons. The summed E-state index contributed by atoms with van der Waals surface area (Å²) in [5.74, 6) is 0.846. The van der Waals surface area contributed by atoms with Gasteiger partial charge >= 0.3 is 0 Å². The lowest BCUT2D eigenvalue weighted by Crippen LogP contribution is -2.25. The van der Waals surface area contributed by atoms with Crippen molar-refractivity contribution >= 4 is 45.8 Å². The standard InChI is InChI=1S/C20H16Cl2N2O4/c1-11(25)7-19(26)12(2)27-13-3-5-14(6-4-13)28-20-10-23-17-8-15(21)16(22)9-18(17)24-20/h3-6,8-10,12H,7H2,1-2H3. The molecule has 0 aliphatic rings. The van der Waals surface area contributed by atoms with Crippen LogP contribution in [0.1, 0.15) is 20.3 Å². The van der Waals surface area contributed by atoms with Crippen molar-refractivity contribution in [1.82, 2.24) is 9.97 Å². The molecule has 28 heavy (non-hydrogen) atoms. The van der Waals surface area contributed by atoms with Gasteiger partial charge in [-0.15, -0.1) is 0 Å². The Balaban J connectivity index is 1.68. The fraction of sp³-hybridized carbons (Fsp3) is 0.200. The van der Waals surface area contributed by atoms with Crippen LogP contribution < -0.4 is 9.47 Å². The smallest absolute Gasteiger partial charge is 0.238 e. The summed E-state index contributed by atoms with van der Waals surface area (Å²) in [6, 6.07) is 9.94. The first kappa shape index (κ1) is 20.0. The van der Waals surface area contributed by atoms with Crippen molar-refractivity contribution in [3.8, 4) is 17.4 Å². The zero-order valence-corrected chi connectivity index (χ0v) is 16.6. The Labute approximate surface area is 171 Å². The highest BCUT2D eigenvalue weighted by molar-refractivity contribution is 6.42. The topological polar surface area (TPSA) is 78.4 Å². The maximum Gasteiger partial charge on any atom is 0.238 e. The highest BCUT2D eigenvalue weighted by atomic mass is 35.5. The lowest BCUT2D eigenvalue weighted by molar-refractivity contribution is -0.130. The molecule has 1 aromatic heterocycles. The first-order valence-electron chi connectivity index (χ1n) is 8.40. The molecule has 8 heteroatoms. The fourth-order valence-electron chi connectivity index (χ4n) is 2.41. The number of rotatable bonds is 7. The molecule has 6 nitrogen and oxygen atoms in total. The van der Waals surface area contributed by atoms with Gasteiger partial charge < -0.3 is 9.47 Å². The molecule has 0 radical (unpaired) electrons. The van der Waals surface area contributed by atoms with Gasteiger partial charge in [0.25, 0.3) is 0 Å². The number of ether oxygens (including phenoxy) is 2. The normalized spacial score (nSPS) is 11.9. The van der Waals surface area contributed by atoms with Gasteiger partial charge in [0.15, 0.2) is 11.9 Å². The van der Waals surface area contributed by atoms with Crippen LogP contribution in [0.2, 0.25) is 10.0 Å². The van der Waals surface area contributed by atoms with Crippen molar-refractivity contribution in [2.45, 2.75) is 26.4 Å². The average Bonchev–Trinajstić information content (AvgIpc) is 2.64. The van der Waals surface area contributed by atoms with Gasteiger partial charge in [-0.25, -0.2) is 9.97 Å². The number of carbonyl (C=O) groups excluding carboxylic acids is 2. The minimum absolute atomic E-state index is 0.141. The largest absolute Gasteiger partial charge is 0.483 e. The van der Waals surface area contributed by atoms with Crippen LogP contribution in [0.4, 0.5) is 0 Å². The number of ketones is 2. The molecule has 1 heterocycles. The summed E-state index contributed by atoms with van der Waals surface area (Å²) < 4.78 is 11.3. The third kappa shape index (κ3) is 4.97. The first-order valence-corrected chi connectivity index (χ1v) is 9.16. The molecule has 0 fully saturated rings. The Morgan fingerprint density at radius 1 is 1.04 bits per heavy atom. The van der Waals surface area contributed by atoms with Crippen LogP contribution in [0.15, 0.2) is 42.6 Å². The van der Waals surface area contributed by atoms with Crippen LogP contribution in [0.25, 0.3) is 11.0 Å². The van der Waals surface area contributed by atoms with Crippen molar-refractivity contribution in [2.24, 2.45) is 0 Å². The summed E-state index contributed by atoms with van der Waals surface area (Å²) in [6.07, 6.45) is 0.635. The van der Waals surface area contributed by atoms with Gasteiger partial charge in [-0.3, -0.25) is 9.59 Å². The minimum Gasteiger partial charge on any atom is -0.483 e. The molecule has 0 spiro atoms. The van der Waals surface area contributed by atoms with E-state index in [0.29, 0.717) is 38.5 Å². The van der Waals surface area contributed by atoms with Gasteiger partial charge in [-0.1, -0.05) is 23.2 Å². The molecule has 0 N–H and O–H groups in total. The summed E-state index contributed by atoms with van der Waals surface area (Å²) >= 11 is 12.0. The first-order chi connectivity index (χ1) is 13.3. The summed E-state index contributed by atoms with van der Waals surface area (Å²) in [4.78, 5) is 31.5. The Bertz CT molecular complexity index is 1040. The molecule has 0 aliphatic heterocycles. The SMILES string of the molecule is CC(=O)CC(=O)C(C)Oc1ccc(Oc2cnc3cc(Cl)c(Cl)cc3n2)cc1. The maximum atomic E-state index is 11.8. The lowest BCUT2D eigenvalue weighted by atomic mass is 10.1. The molecule has 2 aromatic carbocycles. The minimum atomic E-state index is -0.710. The second-order valence-corrected chi connectivity index (χ2v) is 6.96. The zero-order chi connectivity index (χ0) is 20.3. The summed E-state index contributed by atoms with van der Waals surface area (Å²) in [6.45, 7) is 2.98. The maximum absolute atomic E-state index is 11.8. The predicted molar refractivity (Wildman–Crippen MR) is 106 cm³/mol. The predicted octanol–water partition coefficient (Wildman–Crippen LogP) is 5.04. The second kappa shape index (κ2) is 8.54. The van der Waals surface area contributed by atoms with Gasteiger partial charge in [-0.05, 0) is 50.2 Å². The van der Waals surface area contributed by atoms with Crippen LogP contribution >= 0.6 is 23.2 Å². The van der Waals surface area contributed by atoms with Gasteiger partial charge in [0.2, 0.25) is 5.88 Å². The Hall–Kier alpha value is -2.70. The monoisotopic (exact) mass is 418 g/mol. The fourth-order valence-corrected chi connectivity index (χ4v) is 2.72. The Morgan fingerprint density at radius 2 is 1.64 bits per heavy atom. The van der Waals surface area contributed by atoms with Gasteiger partial charge in [0.1, 0.15) is 17.3 Å². The molecular formula is C20H16Cl2N2O4. The summed E-state index contributed by atoms with van der Waals surface area (Å²) in [5.41, 5.74) is 1.17. The molecule has 0 saturated heterocycles. The van der Waals surface area contributed by atoms with Crippen LogP contribution in [0, 0.1) is 0 Å². The highest BCUT2D eigenvalue weighted by Crippen LogP contribution is 2.28. The van der Waals surface area contributed by atoms with Gasteiger partial charge in [0, 0.05) is 0 Å².